The van der Waals surface area contributed by atoms with Crippen LogP contribution in [0.25, 0.3) is 10.9 Å². The number of carbonyl (C=O) groups excluding carboxylic acids is 1. The summed E-state index contributed by atoms with van der Waals surface area (Å²) in [6.07, 6.45) is 3.64. The second-order valence-electron chi connectivity index (χ2n) is 6.02. The van der Waals surface area contributed by atoms with Crippen molar-refractivity contribution >= 4 is 33.3 Å². The molecule has 0 aliphatic carbocycles. The summed E-state index contributed by atoms with van der Waals surface area (Å²) in [7, 11) is 0. The van der Waals surface area contributed by atoms with Gasteiger partial charge in [0.25, 0.3) is 5.56 Å². The van der Waals surface area contributed by atoms with Crippen molar-refractivity contribution in [2.24, 2.45) is 0 Å². The summed E-state index contributed by atoms with van der Waals surface area (Å²) in [4.78, 5) is 28.8. The molecule has 0 spiro atoms. The highest BCUT2D eigenvalue weighted by molar-refractivity contribution is 7.15. The number of anilines is 1. The second kappa shape index (κ2) is 8.18. The lowest BCUT2D eigenvalue weighted by Gasteiger charge is -2.06. The molecule has 2 heterocycles. The molecule has 0 radical (unpaired) electrons. The Bertz CT molecular complexity index is 961. The number of benzene rings is 1. The van der Waals surface area contributed by atoms with Gasteiger partial charge in [-0.1, -0.05) is 37.3 Å². The molecule has 7 nitrogen and oxygen atoms in total. The molecule has 2 aromatic heterocycles. The van der Waals surface area contributed by atoms with E-state index in [4.69, 9.17) is 0 Å². The van der Waals surface area contributed by atoms with E-state index in [1.807, 2.05) is 6.07 Å². The second-order valence-corrected chi connectivity index (χ2v) is 7.03. The molecule has 1 amide bonds. The number of nitrogens with one attached hydrogen (secondary N) is 1. The molecule has 8 heteroatoms. The average molecular weight is 371 g/mol. The standard InChI is InChI=1S/C18H21N5O2S/c1-3-12(4-2)16-21-22-18(26-16)20-15(24)9-10-23-11-19-14-8-6-5-7-13(14)17(23)25/h5-8,11-12H,3-4,9-10H2,1-2H3,(H,20,22,24). The van der Waals surface area contributed by atoms with Crippen LogP contribution in [0, 0.1) is 0 Å². The highest BCUT2D eigenvalue weighted by Crippen LogP contribution is 2.28. The van der Waals surface area contributed by atoms with E-state index >= 15 is 0 Å². The predicted octanol–water partition coefficient (Wildman–Crippen LogP) is 3.18. The largest absolute Gasteiger partial charge is 0.300 e. The normalized spacial score (nSPS) is 11.2. The van der Waals surface area contributed by atoms with E-state index in [0.29, 0.717) is 22.0 Å². The van der Waals surface area contributed by atoms with Gasteiger partial charge in [0.15, 0.2) is 0 Å². The number of aromatic nitrogens is 4. The zero-order valence-corrected chi connectivity index (χ0v) is 15.6. The lowest BCUT2D eigenvalue weighted by atomic mass is 10.1. The van der Waals surface area contributed by atoms with Crippen molar-refractivity contribution in [2.45, 2.75) is 45.6 Å². The number of rotatable bonds is 7. The molecule has 0 bridgehead atoms. The topological polar surface area (TPSA) is 89.8 Å². The Morgan fingerprint density at radius 1 is 1.23 bits per heavy atom. The minimum Gasteiger partial charge on any atom is -0.300 e. The van der Waals surface area contributed by atoms with Crippen molar-refractivity contribution in [2.75, 3.05) is 5.32 Å². The van der Waals surface area contributed by atoms with E-state index in [1.54, 1.807) is 18.2 Å². The fourth-order valence-corrected chi connectivity index (χ4v) is 3.78. The zero-order valence-electron chi connectivity index (χ0n) is 14.8. The molecule has 26 heavy (non-hydrogen) atoms. The number of fused-ring (bicyclic) bond motifs is 1. The van der Waals surface area contributed by atoms with Crippen LogP contribution in [0.1, 0.15) is 44.0 Å². The van der Waals surface area contributed by atoms with Crippen molar-refractivity contribution in [3.05, 3.63) is 46.0 Å². The first-order valence-electron chi connectivity index (χ1n) is 8.69. The number of nitrogens with zero attached hydrogens (tertiary/aromatic N) is 4. The van der Waals surface area contributed by atoms with Gasteiger partial charge in [0.1, 0.15) is 5.01 Å². The fraction of sp³-hybridized carbons (Fsp3) is 0.389. The Morgan fingerprint density at radius 2 is 2.00 bits per heavy atom. The van der Waals surface area contributed by atoms with Crippen molar-refractivity contribution in [1.29, 1.82) is 0 Å². The average Bonchev–Trinajstić information content (AvgIpc) is 3.10. The number of aryl methyl sites for hydroxylation is 1. The molecular weight excluding hydrogens is 350 g/mol. The Labute approximate surface area is 155 Å². The quantitative estimate of drug-likeness (QED) is 0.689. The third-order valence-corrected chi connectivity index (χ3v) is 5.33. The Balaban J connectivity index is 1.63. The van der Waals surface area contributed by atoms with Gasteiger partial charge in [0, 0.05) is 18.9 Å². The number of hydrogen-bond acceptors (Lipinski definition) is 6. The summed E-state index contributed by atoms with van der Waals surface area (Å²) >= 11 is 1.41. The molecule has 0 fully saturated rings. The Morgan fingerprint density at radius 3 is 2.77 bits per heavy atom. The molecule has 1 N–H and O–H groups in total. The first-order valence-corrected chi connectivity index (χ1v) is 9.51. The first kappa shape index (κ1) is 18.2. The van der Waals surface area contributed by atoms with Crippen LogP contribution in [0.3, 0.4) is 0 Å². The zero-order chi connectivity index (χ0) is 18.5. The highest BCUT2D eigenvalue weighted by Gasteiger charge is 2.14. The molecule has 0 unspecified atom stereocenters. The molecular formula is C18H21N5O2S. The number of carbonyl (C=O) groups is 1. The maximum Gasteiger partial charge on any atom is 0.261 e. The van der Waals surface area contributed by atoms with Crippen molar-refractivity contribution in [3.63, 3.8) is 0 Å². The van der Waals surface area contributed by atoms with E-state index in [9.17, 15) is 9.59 Å². The maximum absolute atomic E-state index is 12.4. The summed E-state index contributed by atoms with van der Waals surface area (Å²) in [6, 6.07) is 7.17. The van der Waals surface area contributed by atoms with Crippen LogP contribution < -0.4 is 10.9 Å². The van der Waals surface area contributed by atoms with Crippen molar-refractivity contribution < 1.29 is 4.79 Å². The minimum absolute atomic E-state index is 0.143. The smallest absolute Gasteiger partial charge is 0.261 e. The molecule has 0 saturated carbocycles. The van der Waals surface area contributed by atoms with E-state index in [1.165, 1.54) is 22.2 Å². The molecule has 0 atom stereocenters. The van der Waals surface area contributed by atoms with Crippen LogP contribution in [0.4, 0.5) is 5.13 Å². The van der Waals surface area contributed by atoms with Gasteiger partial charge >= 0.3 is 0 Å². The molecule has 136 valence electrons. The monoisotopic (exact) mass is 371 g/mol. The summed E-state index contributed by atoms with van der Waals surface area (Å²) in [5, 5.41) is 13.0. The van der Waals surface area contributed by atoms with Gasteiger partial charge in [-0.25, -0.2) is 4.98 Å². The third kappa shape index (κ3) is 3.96. The predicted molar refractivity (Wildman–Crippen MR) is 102 cm³/mol. The van der Waals surface area contributed by atoms with Gasteiger partial charge in [0.05, 0.1) is 17.2 Å². The maximum atomic E-state index is 12.4. The molecule has 3 rings (SSSR count). The van der Waals surface area contributed by atoms with E-state index in [2.05, 4.69) is 34.3 Å². The summed E-state index contributed by atoms with van der Waals surface area (Å²) in [5.74, 6) is 0.178. The van der Waals surface area contributed by atoms with Crippen LogP contribution in [0.2, 0.25) is 0 Å². The first-order chi connectivity index (χ1) is 12.6. The van der Waals surface area contributed by atoms with E-state index in [0.717, 1.165) is 17.8 Å². The molecule has 1 aromatic carbocycles. The summed E-state index contributed by atoms with van der Waals surface area (Å²) in [5.41, 5.74) is 0.510. The minimum atomic E-state index is -0.197. The summed E-state index contributed by atoms with van der Waals surface area (Å²) < 4.78 is 1.46. The molecule has 0 saturated heterocycles. The summed E-state index contributed by atoms with van der Waals surface area (Å²) in [6.45, 7) is 4.49. The van der Waals surface area contributed by atoms with Crippen LogP contribution in [0.15, 0.2) is 35.4 Å². The number of para-hydroxylation sites is 1. The van der Waals surface area contributed by atoms with Gasteiger partial charge in [-0.05, 0) is 25.0 Å². The SMILES string of the molecule is CCC(CC)c1nnc(NC(=O)CCn2cnc3ccccc3c2=O)s1. The van der Waals surface area contributed by atoms with Gasteiger partial charge < -0.3 is 5.32 Å². The lowest BCUT2D eigenvalue weighted by molar-refractivity contribution is -0.116. The molecule has 0 aliphatic heterocycles. The lowest BCUT2D eigenvalue weighted by Crippen LogP contribution is -2.23. The van der Waals surface area contributed by atoms with Gasteiger partial charge in [-0.2, -0.15) is 0 Å². The van der Waals surface area contributed by atoms with Crippen molar-refractivity contribution in [1.82, 2.24) is 19.7 Å². The van der Waals surface area contributed by atoms with Crippen LogP contribution in [-0.4, -0.2) is 25.7 Å². The Hall–Kier alpha value is -2.61. The van der Waals surface area contributed by atoms with Gasteiger partial charge in [-0.3, -0.25) is 14.2 Å². The van der Waals surface area contributed by atoms with E-state index in [-0.39, 0.29) is 24.4 Å². The van der Waals surface area contributed by atoms with Crippen molar-refractivity contribution in [3.8, 4) is 0 Å². The van der Waals surface area contributed by atoms with Crippen LogP contribution in [-0.2, 0) is 11.3 Å². The number of hydrogen-bond donors (Lipinski definition) is 1. The van der Waals surface area contributed by atoms with Gasteiger partial charge in [0.2, 0.25) is 11.0 Å². The third-order valence-electron chi connectivity index (χ3n) is 4.33. The molecule has 3 aromatic rings. The van der Waals surface area contributed by atoms with Gasteiger partial charge in [-0.15, -0.1) is 10.2 Å². The van der Waals surface area contributed by atoms with Crippen LogP contribution in [0.5, 0.6) is 0 Å². The number of amides is 1. The molecule has 0 aliphatic rings. The van der Waals surface area contributed by atoms with Crippen LogP contribution >= 0.6 is 11.3 Å². The highest BCUT2D eigenvalue weighted by atomic mass is 32.1. The fourth-order valence-electron chi connectivity index (χ4n) is 2.76. The van der Waals surface area contributed by atoms with E-state index < -0.39 is 0 Å². The Kier molecular flexibility index (Phi) is 5.72.